The first-order valence-corrected chi connectivity index (χ1v) is 11.3. The molecule has 0 spiro atoms. The highest BCUT2D eigenvalue weighted by Gasteiger charge is 2.12. The van der Waals surface area contributed by atoms with Gasteiger partial charge in [-0.05, 0) is 60.4 Å². The number of aryl methyl sites for hydroxylation is 1. The van der Waals surface area contributed by atoms with Gasteiger partial charge >= 0.3 is 0 Å². The van der Waals surface area contributed by atoms with Gasteiger partial charge in [0.25, 0.3) is 0 Å². The van der Waals surface area contributed by atoms with Crippen molar-refractivity contribution in [1.29, 1.82) is 0 Å². The van der Waals surface area contributed by atoms with Crippen LogP contribution in [-0.4, -0.2) is 31.4 Å². The van der Waals surface area contributed by atoms with Crippen molar-refractivity contribution in [1.82, 2.24) is 24.2 Å². The van der Waals surface area contributed by atoms with Gasteiger partial charge in [0.1, 0.15) is 23.3 Å². The molecule has 2 N–H and O–H groups in total. The van der Waals surface area contributed by atoms with Crippen LogP contribution in [0.3, 0.4) is 0 Å². The Hall–Kier alpha value is -3.98. The van der Waals surface area contributed by atoms with Crippen LogP contribution in [0.15, 0.2) is 61.2 Å². The molecule has 33 heavy (non-hydrogen) atoms. The van der Waals surface area contributed by atoms with Gasteiger partial charge in [0.05, 0.1) is 21.8 Å². The predicted octanol–water partition coefficient (Wildman–Crippen LogP) is 5.02. The number of ether oxygens (including phenoxy) is 1. The Morgan fingerprint density at radius 3 is 2.91 bits per heavy atom. The first-order valence-electron chi connectivity index (χ1n) is 10.5. The second kappa shape index (κ2) is 8.87. The standard InChI is InChI=1S/C24H22N6O2S/c1-15-12-17(6-7-20(15)32-21-4-3-5-22-18(21)13-28-33-22)29-24-23-19(26-14-27-24)8-10-30(23)11-9-25-16(2)31/h3-8,10,12-14H,9,11H2,1-2H3,(H,25,31)(H,26,27,29). The molecule has 166 valence electrons. The van der Waals surface area contributed by atoms with Crippen LogP contribution in [0.2, 0.25) is 0 Å². The van der Waals surface area contributed by atoms with Crippen LogP contribution in [0.4, 0.5) is 11.5 Å². The number of rotatable bonds is 7. The molecule has 0 fully saturated rings. The number of anilines is 2. The summed E-state index contributed by atoms with van der Waals surface area (Å²) in [6.45, 7) is 4.68. The first kappa shape index (κ1) is 20.9. The van der Waals surface area contributed by atoms with Crippen LogP contribution >= 0.6 is 11.5 Å². The summed E-state index contributed by atoms with van der Waals surface area (Å²) < 4.78 is 13.6. The lowest BCUT2D eigenvalue weighted by Crippen LogP contribution is -2.24. The van der Waals surface area contributed by atoms with E-state index in [-0.39, 0.29) is 5.91 Å². The van der Waals surface area contributed by atoms with Crippen molar-refractivity contribution in [3.05, 3.63) is 66.7 Å². The summed E-state index contributed by atoms with van der Waals surface area (Å²) in [5.74, 6) is 2.23. The summed E-state index contributed by atoms with van der Waals surface area (Å²) in [7, 11) is 0. The Labute approximate surface area is 194 Å². The quantitative estimate of drug-likeness (QED) is 0.356. The molecule has 3 aromatic heterocycles. The molecule has 0 aliphatic carbocycles. The Bertz CT molecular complexity index is 1460. The average molecular weight is 459 g/mol. The van der Waals surface area contributed by atoms with E-state index in [2.05, 4.69) is 25.0 Å². The molecule has 0 aliphatic rings. The Morgan fingerprint density at radius 2 is 2.06 bits per heavy atom. The molecule has 5 rings (SSSR count). The lowest BCUT2D eigenvalue weighted by atomic mass is 10.2. The monoisotopic (exact) mass is 458 g/mol. The maximum absolute atomic E-state index is 11.2. The summed E-state index contributed by atoms with van der Waals surface area (Å²) in [5.41, 5.74) is 3.61. The Morgan fingerprint density at radius 1 is 1.15 bits per heavy atom. The van der Waals surface area contributed by atoms with E-state index in [1.165, 1.54) is 18.5 Å². The maximum Gasteiger partial charge on any atom is 0.216 e. The molecule has 2 aromatic carbocycles. The number of nitrogens with zero attached hydrogens (tertiary/aromatic N) is 4. The number of hydrogen-bond acceptors (Lipinski definition) is 7. The molecule has 3 heterocycles. The van der Waals surface area contributed by atoms with Crippen molar-refractivity contribution in [3.8, 4) is 11.5 Å². The summed E-state index contributed by atoms with van der Waals surface area (Å²) in [6, 6.07) is 13.8. The Kier molecular flexibility index (Phi) is 5.62. The number of hydrogen-bond donors (Lipinski definition) is 2. The van der Waals surface area contributed by atoms with Crippen LogP contribution in [0.25, 0.3) is 21.1 Å². The van der Waals surface area contributed by atoms with E-state index >= 15 is 0 Å². The largest absolute Gasteiger partial charge is 0.456 e. The third kappa shape index (κ3) is 4.35. The molecule has 5 aromatic rings. The van der Waals surface area contributed by atoms with Crippen LogP contribution in [0, 0.1) is 6.92 Å². The highest BCUT2D eigenvalue weighted by atomic mass is 32.1. The Balaban J connectivity index is 1.39. The molecule has 9 heteroatoms. The zero-order valence-corrected chi connectivity index (χ0v) is 19.0. The van der Waals surface area contributed by atoms with Gasteiger partial charge in [0.15, 0.2) is 5.82 Å². The van der Waals surface area contributed by atoms with Gasteiger partial charge in [-0.2, -0.15) is 4.37 Å². The van der Waals surface area contributed by atoms with Crippen molar-refractivity contribution in [2.45, 2.75) is 20.4 Å². The van der Waals surface area contributed by atoms with E-state index in [9.17, 15) is 4.79 Å². The van der Waals surface area contributed by atoms with E-state index < -0.39 is 0 Å². The summed E-state index contributed by atoms with van der Waals surface area (Å²) in [4.78, 5) is 20.0. The van der Waals surface area contributed by atoms with Gasteiger partial charge < -0.3 is 19.9 Å². The van der Waals surface area contributed by atoms with Gasteiger partial charge in [-0.15, -0.1) is 0 Å². The number of carbonyl (C=O) groups excluding carboxylic acids is 1. The minimum atomic E-state index is -0.0506. The normalized spacial score (nSPS) is 11.1. The lowest BCUT2D eigenvalue weighted by Gasteiger charge is -2.13. The van der Waals surface area contributed by atoms with E-state index in [1.54, 1.807) is 6.33 Å². The topological polar surface area (TPSA) is 94.0 Å². The smallest absolute Gasteiger partial charge is 0.216 e. The lowest BCUT2D eigenvalue weighted by molar-refractivity contribution is -0.118. The minimum Gasteiger partial charge on any atom is -0.456 e. The summed E-state index contributed by atoms with van der Waals surface area (Å²) in [5, 5.41) is 7.24. The molecular weight excluding hydrogens is 436 g/mol. The van der Waals surface area contributed by atoms with Crippen LogP contribution in [0.5, 0.6) is 11.5 Å². The van der Waals surface area contributed by atoms with Crippen LogP contribution in [0.1, 0.15) is 12.5 Å². The van der Waals surface area contributed by atoms with Crippen molar-refractivity contribution in [2.24, 2.45) is 0 Å². The number of carbonyl (C=O) groups is 1. The molecule has 1 amide bonds. The van der Waals surface area contributed by atoms with E-state index in [0.29, 0.717) is 18.9 Å². The fraction of sp³-hybridized carbons (Fsp3) is 0.167. The molecular formula is C24H22N6O2S. The average Bonchev–Trinajstić information content (AvgIpc) is 3.44. The number of fused-ring (bicyclic) bond motifs is 2. The summed E-state index contributed by atoms with van der Waals surface area (Å²) >= 11 is 1.45. The van der Waals surface area contributed by atoms with Gasteiger partial charge in [-0.1, -0.05) is 6.07 Å². The third-order valence-electron chi connectivity index (χ3n) is 5.29. The van der Waals surface area contributed by atoms with Gasteiger partial charge in [0, 0.05) is 31.9 Å². The number of amides is 1. The highest BCUT2D eigenvalue weighted by Crippen LogP contribution is 2.34. The fourth-order valence-electron chi connectivity index (χ4n) is 3.72. The third-order valence-corrected chi connectivity index (χ3v) is 6.06. The molecule has 0 atom stereocenters. The number of aromatic nitrogens is 4. The van der Waals surface area contributed by atoms with E-state index in [1.807, 2.05) is 66.3 Å². The van der Waals surface area contributed by atoms with Crippen molar-refractivity contribution in [3.63, 3.8) is 0 Å². The fourth-order valence-corrected chi connectivity index (χ4v) is 4.38. The summed E-state index contributed by atoms with van der Waals surface area (Å²) in [6.07, 6.45) is 5.33. The maximum atomic E-state index is 11.2. The van der Waals surface area contributed by atoms with Gasteiger partial charge in [0.2, 0.25) is 5.91 Å². The molecule has 0 aliphatic heterocycles. The molecule has 0 saturated heterocycles. The van der Waals surface area contributed by atoms with Crippen molar-refractivity contribution < 1.29 is 9.53 Å². The minimum absolute atomic E-state index is 0.0506. The zero-order valence-electron chi connectivity index (χ0n) is 18.2. The van der Waals surface area contributed by atoms with Crippen molar-refractivity contribution >= 4 is 50.1 Å². The van der Waals surface area contributed by atoms with Gasteiger partial charge in [-0.3, -0.25) is 4.79 Å². The predicted molar refractivity (Wildman–Crippen MR) is 130 cm³/mol. The first-order chi connectivity index (χ1) is 16.1. The number of benzene rings is 2. The zero-order chi connectivity index (χ0) is 22.8. The van der Waals surface area contributed by atoms with Crippen LogP contribution < -0.4 is 15.4 Å². The van der Waals surface area contributed by atoms with Crippen LogP contribution in [-0.2, 0) is 11.3 Å². The van der Waals surface area contributed by atoms with Gasteiger partial charge in [-0.25, -0.2) is 9.97 Å². The molecule has 0 bridgehead atoms. The van der Waals surface area contributed by atoms with E-state index in [4.69, 9.17) is 4.74 Å². The van der Waals surface area contributed by atoms with E-state index in [0.717, 1.165) is 43.9 Å². The molecule has 0 saturated carbocycles. The second-order valence-corrected chi connectivity index (χ2v) is 8.48. The SMILES string of the molecule is CC(=O)NCCn1ccc2ncnc(Nc3ccc(Oc4cccc5sncc45)c(C)c3)c21. The van der Waals surface area contributed by atoms with Crippen molar-refractivity contribution in [2.75, 3.05) is 11.9 Å². The highest BCUT2D eigenvalue weighted by molar-refractivity contribution is 7.13. The second-order valence-electron chi connectivity index (χ2n) is 7.65. The molecule has 0 radical (unpaired) electrons. The molecule has 8 nitrogen and oxygen atoms in total. The number of nitrogens with one attached hydrogen (secondary N) is 2. The molecule has 0 unspecified atom stereocenters.